The van der Waals surface area contributed by atoms with E-state index < -0.39 is 10.0 Å². The number of nitrogens with one attached hydrogen (secondary N) is 1. The second-order valence-electron chi connectivity index (χ2n) is 3.64. The third-order valence-electron chi connectivity index (χ3n) is 2.13. The highest BCUT2D eigenvalue weighted by atomic mass is 79.9. The number of aryl methyl sites for hydroxylation is 1. The predicted molar refractivity (Wildman–Crippen MR) is 71.7 cm³/mol. The zero-order valence-corrected chi connectivity index (χ0v) is 11.9. The molecule has 0 atom stereocenters. The van der Waals surface area contributed by atoms with Crippen LogP contribution in [-0.4, -0.2) is 18.4 Å². The van der Waals surface area contributed by atoms with E-state index in [2.05, 4.69) is 30.6 Å². The molecule has 94 valence electrons. The van der Waals surface area contributed by atoms with Gasteiger partial charge in [0, 0.05) is 16.9 Å². The van der Waals surface area contributed by atoms with Crippen LogP contribution in [-0.2, 0) is 10.0 Å². The van der Waals surface area contributed by atoms with Gasteiger partial charge in [-0.05, 0) is 36.8 Å². The molecular formula is C11H10BrN3O2S. The molecule has 1 aromatic heterocycles. The molecule has 1 aromatic carbocycles. The molecule has 5 nitrogen and oxygen atoms in total. The maximum absolute atomic E-state index is 12.0. The van der Waals surface area contributed by atoms with Gasteiger partial charge in [0.05, 0.1) is 4.90 Å². The smallest absolute Gasteiger partial charge is 0.247 e. The van der Waals surface area contributed by atoms with Gasteiger partial charge < -0.3 is 0 Å². The first-order chi connectivity index (χ1) is 8.47. The summed E-state index contributed by atoms with van der Waals surface area (Å²) in [6, 6.07) is 6.32. The number of aromatic nitrogens is 2. The molecule has 0 saturated heterocycles. The average Bonchev–Trinajstić information content (AvgIpc) is 2.32. The van der Waals surface area contributed by atoms with E-state index in [4.69, 9.17) is 0 Å². The minimum atomic E-state index is -3.64. The van der Waals surface area contributed by atoms with Gasteiger partial charge in [-0.2, -0.15) is 0 Å². The summed E-state index contributed by atoms with van der Waals surface area (Å²) in [5.41, 5.74) is 0.863. The van der Waals surface area contributed by atoms with Gasteiger partial charge in [-0.3, -0.25) is 0 Å². The number of sulfonamides is 1. The molecule has 0 amide bonds. The van der Waals surface area contributed by atoms with Gasteiger partial charge in [0.2, 0.25) is 5.95 Å². The first-order valence-electron chi connectivity index (χ1n) is 5.04. The van der Waals surface area contributed by atoms with Crippen molar-refractivity contribution >= 4 is 31.9 Å². The molecule has 7 heteroatoms. The van der Waals surface area contributed by atoms with Gasteiger partial charge >= 0.3 is 0 Å². The van der Waals surface area contributed by atoms with Crippen molar-refractivity contribution < 1.29 is 8.42 Å². The normalized spacial score (nSPS) is 11.2. The quantitative estimate of drug-likeness (QED) is 0.939. The van der Waals surface area contributed by atoms with Crippen molar-refractivity contribution in [1.82, 2.24) is 9.97 Å². The highest BCUT2D eigenvalue weighted by Crippen LogP contribution is 2.16. The molecule has 0 unspecified atom stereocenters. The lowest BCUT2D eigenvalue weighted by atomic mass is 10.4. The molecule has 0 radical (unpaired) electrons. The van der Waals surface area contributed by atoms with Crippen LogP contribution in [0.5, 0.6) is 0 Å². The van der Waals surface area contributed by atoms with Gasteiger partial charge in [-0.25, -0.2) is 23.1 Å². The Labute approximate surface area is 113 Å². The highest BCUT2D eigenvalue weighted by Gasteiger charge is 2.14. The number of hydrogen-bond acceptors (Lipinski definition) is 4. The van der Waals surface area contributed by atoms with Crippen LogP contribution < -0.4 is 4.72 Å². The molecule has 2 aromatic rings. The fourth-order valence-corrected chi connectivity index (χ4v) is 2.46. The van der Waals surface area contributed by atoms with Crippen molar-refractivity contribution in [3.8, 4) is 0 Å². The zero-order valence-electron chi connectivity index (χ0n) is 9.46. The van der Waals surface area contributed by atoms with Crippen LogP contribution in [0.25, 0.3) is 0 Å². The summed E-state index contributed by atoms with van der Waals surface area (Å²) in [7, 11) is -3.64. The van der Waals surface area contributed by atoms with Crippen molar-refractivity contribution in [2.24, 2.45) is 0 Å². The summed E-state index contributed by atoms with van der Waals surface area (Å²) in [6.45, 7) is 1.83. The third kappa shape index (κ3) is 3.05. The Balaban J connectivity index is 2.27. The molecule has 1 heterocycles. The van der Waals surface area contributed by atoms with Crippen LogP contribution in [0.4, 0.5) is 5.95 Å². The van der Waals surface area contributed by atoms with Crippen molar-refractivity contribution in [1.29, 1.82) is 0 Å². The summed E-state index contributed by atoms with van der Waals surface area (Å²) in [4.78, 5) is 7.95. The molecule has 0 fully saturated rings. The summed E-state index contributed by atoms with van der Waals surface area (Å²) in [6.07, 6.45) is 3.10. The second-order valence-corrected chi connectivity index (χ2v) is 6.24. The topological polar surface area (TPSA) is 72.0 Å². The molecule has 2 rings (SSSR count). The number of anilines is 1. The van der Waals surface area contributed by atoms with E-state index in [-0.39, 0.29) is 10.8 Å². The summed E-state index contributed by atoms with van der Waals surface area (Å²) >= 11 is 3.25. The SMILES string of the molecule is Cc1cnc(NS(=O)(=O)c2ccc(Br)cc2)nc1. The number of nitrogens with zero attached hydrogens (tertiary/aromatic N) is 2. The van der Waals surface area contributed by atoms with Crippen LogP contribution in [0.3, 0.4) is 0 Å². The zero-order chi connectivity index (χ0) is 13.2. The largest absolute Gasteiger partial charge is 0.264 e. The van der Waals surface area contributed by atoms with Crippen LogP contribution in [0.15, 0.2) is 46.0 Å². The van der Waals surface area contributed by atoms with Crippen LogP contribution >= 0.6 is 15.9 Å². The minimum absolute atomic E-state index is 0.0588. The molecule has 18 heavy (non-hydrogen) atoms. The van der Waals surface area contributed by atoms with Gasteiger partial charge in [-0.15, -0.1) is 0 Å². The van der Waals surface area contributed by atoms with Gasteiger partial charge in [0.1, 0.15) is 0 Å². The number of rotatable bonds is 3. The summed E-state index contributed by atoms with van der Waals surface area (Å²) in [5.74, 6) is 0.0588. The Morgan fingerprint density at radius 3 is 2.22 bits per heavy atom. The average molecular weight is 328 g/mol. The molecule has 0 aliphatic heterocycles. The Morgan fingerprint density at radius 2 is 1.67 bits per heavy atom. The van der Waals surface area contributed by atoms with Crippen LogP contribution in [0.1, 0.15) is 5.56 Å². The molecule has 0 aliphatic carbocycles. The van der Waals surface area contributed by atoms with Crippen LogP contribution in [0.2, 0.25) is 0 Å². The standard InChI is InChI=1S/C11H10BrN3O2S/c1-8-6-13-11(14-7-8)15-18(16,17)10-4-2-9(12)3-5-10/h2-7H,1H3,(H,13,14,15). The maximum Gasteiger partial charge on any atom is 0.264 e. The van der Waals surface area contributed by atoms with E-state index in [9.17, 15) is 8.42 Å². The van der Waals surface area contributed by atoms with Gasteiger partial charge in [0.15, 0.2) is 0 Å². The summed E-state index contributed by atoms with van der Waals surface area (Å²) in [5, 5.41) is 0. The molecule has 0 spiro atoms. The van der Waals surface area contributed by atoms with E-state index >= 15 is 0 Å². The number of hydrogen-bond donors (Lipinski definition) is 1. The second kappa shape index (κ2) is 5.03. The van der Waals surface area contributed by atoms with Crippen molar-refractivity contribution in [2.75, 3.05) is 4.72 Å². The summed E-state index contributed by atoms with van der Waals surface area (Å²) < 4.78 is 27.1. The molecule has 1 N–H and O–H groups in total. The van der Waals surface area contributed by atoms with Crippen molar-refractivity contribution in [2.45, 2.75) is 11.8 Å². The first kappa shape index (κ1) is 13.0. The van der Waals surface area contributed by atoms with Crippen molar-refractivity contribution in [3.05, 3.63) is 46.7 Å². The van der Waals surface area contributed by atoms with Crippen LogP contribution in [0, 0.1) is 6.92 Å². The van der Waals surface area contributed by atoms with E-state index in [1.807, 2.05) is 6.92 Å². The fourth-order valence-electron chi connectivity index (χ4n) is 1.24. The fraction of sp³-hybridized carbons (Fsp3) is 0.0909. The lowest BCUT2D eigenvalue weighted by Gasteiger charge is -2.06. The number of halogens is 1. The van der Waals surface area contributed by atoms with E-state index in [0.717, 1.165) is 10.0 Å². The first-order valence-corrected chi connectivity index (χ1v) is 7.32. The lowest BCUT2D eigenvalue weighted by Crippen LogP contribution is -2.14. The van der Waals surface area contributed by atoms with E-state index in [1.165, 1.54) is 12.1 Å². The van der Waals surface area contributed by atoms with Gasteiger partial charge in [0.25, 0.3) is 10.0 Å². The Kier molecular flexibility index (Phi) is 3.63. The minimum Gasteiger partial charge on any atom is -0.247 e. The highest BCUT2D eigenvalue weighted by molar-refractivity contribution is 9.10. The Bertz CT molecular complexity index is 639. The lowest BCUT2D eigenvalue weighted by molar-refractivity contribution is 0.601. The molecule has 0 aliphatic rings. The van der Waals surface area contributed by atoms with E-state index in [0.29, 0.717) is 0 Å². The number of benzene rings is 1. The third-order valence-corrected chi connectivity index (χ3v) is 4.00. The monoisotopic (exact) mass is 327 g/mol. The Morgan fingerprint density at radius 1 is 1.11 bits per heavy atom. The predicted octanol–water partition coefficient (Wildman–Crippen LogP) is 2.35. The Hall–Kier alpha value is -1.47. The maximum atomic E-state index is 12.0. The van der Waals surface area contributed by atoms with E-state index in [1.54, 1.807) is 24.5 Å². The molecular weight excluding hydrogens is 318 g/mol. The molecule has 0 bridgehead atoms. The molecule has 0 saturated carbocycles. The van der Waals surface area contributed by atoms with Gasteiger partial charge in [-0.1, -0.05) is 15.9 Å². The van der Waals surface area contributed by atoms with Crippen molar-refractivity contribution in [3.63, 3.8) is 0 Å².